The average Bonchev–Trinajstić information content (AvgIpc) is 2.47. The number of hydrogen-bond acceptors (Lipinski definition) is 2. The summed E-state index contributed by atoms with van der Waals surface area (Å²) >= 11 is 0. The van der Waals surface area contributed by atoms with Gasteiger partial charge in [-0.25, -0.2) is 15.3 Å². The number of hydrogen-bond donors (Lipinski definition) is 0. The minimum atomic E-state index is 0.786. The fourth-order valence-electron chi connectivity index (χ4n) is 1.46. The van der Waals surface area contributed by atoms with Crippen LogP contribution in [0, 0.1) is 13.8 Å². The molecule has 1 aromatic heterocycles. The Morgan fingerprint density at radius 2 is 2.08 bits per heavy atom. The molecule has 0 N–H and O–H groups in total. The SMILES string of the molecule is CCC1=Nc2c(C)cc(C)nc2[N]1. The quantitative estimate of drug-likeness (QED) is 0.644. The molecule has 0 aromatic carbocycles. The van der Waals surface area contributed by atoms with Crippen LogP contribution >= 0.6 is 0 Å². The van der Waals surface area contributed by atoms with Gasteiger partial charge in [0.2, 0.25) is 0 Å². The van der Waals surface area contributed by atoms with E-state index in [2.05, 4.69) is 22.2 Å². The molecule has 0 spiro atoms. The van der Waals surface area contributed by atoms with E-state index in [1.54, 1.807) is 0 Å². The fraction of sp³-hybridized carbons (Fsp3) is 0.400. The van der Waals surface area contributed by atoms with Gasteiger partial charge in [-0.3, -0.25) is 0 Å². The molecule has 0 atom stereocenters. The Balaban J connectivity index is 2.50. The minimum Gasteiger partial charge on any atom is -0.232 e. The smallest absolute Gasteiger partial charge is 0.180 e. The van der Waals surface area contributed by atoms with Crippen molar-refractivity contribution >= 4 is 17.3 Å². The molecule has 1 aromatic rings. The Morgan fingerprint density at radius 3 is 2.77 bits per heavy atom. The number of amidine groups is 1. The summed E-state index contributed by atoms with van der Waals surface area (Å²) < 4.78 is 0. The zero-order valence-electron chi connectivity index (χ0n) is 8.13. The molecule has 0 unspecified atom stereocenters. The van der Waals surface area contributed by atoms with Gasteiger partial charge in [-0.1, -0.05) is 6.92 Å². The second-order valence-electron chi connectivity index (χ2n) is 3.25. The summed E-state index contributed by atoms with van der Waals surface area (Å²) in [6, 6.07) is 2.04. The largest absolute Gasteiger partial charge is 0.232 e. The van der Waals surface area contributed by atoms with Crippen LogP contribution in [0.4, 0.5) is 11.5 Å². The van der Waals surface area contributed by atoms with E-state index >= 15 is 0 Å². The standard InChI is InChI=1S/C10H12N3/c1-4-8-12-9-6(2)5-7(3)11-10(9)13-8/h5H,4H2,1-3H3. The molecule has 0 amide bonds. The van der Waals surface area contributed by atoms with Crippen molar-refractivity contribution in [1.82, 2.24) is 10.3 Å². The van der Waals surface area contributed by atoms with Crippen LogP contribution in [0.2, 0.25) is 0 Å². The van der Waals surface area contributed by atoms with Gasteiger partial charge >= 0.3 is 0 Å². The van der Waals surface area contributed by atoms with Crippen LogP contribution in [0.25, 0.3) is 0 Å². The molecular formula is C10H12N3. The highest BCUT2D eigenvalue weighted by atomic mass is 15.1. The number of aromatic nitrogens is 1. The second kappa shape index (κ2) is 2.83. The summed E-state index contributed by atoms with van der Waals surface area (Å²) in [5.41, 5.74) is 3.12. The molecule has 0 fully saturated rings. The van der Waals surface area contributed by atoms with E-state index in [4.69, 9.17) is 0 Å². The normalized spacial score (nSPS) is 13.6. The Kier molecular flexibility index (Phi) is 1.79. The highest BCUT2D eigenvalue weighted by molar-refractivity contribution is 5.95. The zero-order chi connectivity index (χ0) is 9.42. The topological polar surface area (TPSA) is 39.4 Å². The van der Waals surface area contributed by atoms with Gasteiger partial charge in [0.05, 0.1) is 0 Å². The lowest BCUT2D eigenvalue weighted by Crippen LogP contribution is -2.04. The van der Waals surface area contributed by atoms with Crippen LogP contribution in [0.1, 0.15) is 24.6 Å². The van der Waals surface area contributed by atoms with E-state index in [0.29, 0.717) is 0 Å². The summed E-state index contributed by atoms with van der Waals surface area (Å²) in [6.07, 6.45) is 0.870. The van der Waals surface area contributed by atoms with Gasteiger partial charge in [-0.05, 0) is 25.5 Å². The van der Waals surface area contributed by atoms with E-state index in [1.165, 1.54) is 0 Å². The lowest BCUT2D eigenvalue weighted by molar-refractivity contribution is 1.09. The van der Waals surface area contributed by atoms with Crippen molar-refractivity contribution in [1.29, 1.82) is 0 Å². The van der Waals surface area contributed by atoms with Crippen LogP contribution in [-0.4, -0.2) is 10.8 Å². The van der Waals surface area contributed by atoms with Gasteiger partial charge in [-0.2, -0.15) is 0 Å². The monoisotopic (exact) mass is 174 g/mol. The summed E-state index contributed by atoms with van der Waals surface area (Å²) in [7, 11) is 0. The van der Waals surface area contributed by atoms with Gasteiger partial charge in [0.1, 0.15) is 11.5 Å². The molecule has 3 heteroatoms. The number of aryl methyl sites for hydroxylation is 2. The van der Waals surface area contributed by atoms with E-state index in [1.807, 2.05) is 19.9 Å². The van der Waals surface area contributed by atoms with E-state index in [0.717, 1.165) is 35.0 Å². The summed E-state index contributed by atoms with van der Waals surface area (Å²) in [4.78, 5) is 8.73. The Labute approximate surface area is 77.9 Å². The Bertz CT molecular complexity index is 380. The van der Waals surface area contributed by atoms with Gasteiger partial charge in [0.25, 0.3) is 0 Å². The van der Waals surface area contributed by atoms with Crippen LogP contribution in [0.15, 0.2) is 11.1 Å². The highest BCUT2D eigenvalue weighted by Crippen LogP contribution is 2.32. The molecule has 13 heavy (non-hydrogen) atoms. The summed E-state index contributed by atoms with van der Waals surface area (Å²) in [5, 5.41) is 4.33. The first-order chi connectivity index (χ1) is 6.20. The maximum absolute atomic E-state index is 4.40. The predicted molar refractivity (Wildman–Crippen MR) is 52.9 cm³/mol. The van der Waals surface area contributed by atoms with Gasteiger partial charge in [0, 0.05) is 12.1 Å². The molecule has 2 heterocycles. The van der Waals surface area contributed by atoms with E-state index < -0.39 is 0 Å². The van der Waals surface area contributed by atoms with Gasteiger partial charge in [-0.15, -0.1) is 0 Å². The Morgan fingerprint density at radius 1 is 1.31 bits per heavy atom. The number of nitrogens with zero attached hydrogens (tertiary/aromatic N) is 3. The third-order valence-corrected chi connectivity index (χ3v) is 2.09. The molecule has 0 bridgehead atoms. The molecule has 1 aliphatic rings. The van der Waals surface area contributed by atoms with Gasteiger partial charge < -0.3 is 0 Å². The van der Waals surface area contributed by atoms with Crippen molar-refractivity contribution in [2.24, 2.45) is 4.99 Å². The van der Waals surface area contributed by atoms with Crippen molar-refractivity contribution in [2.75, 3.05) is 0 Å². The van der Waals surface area contributed by atoms with Crippen LogP contribution in [-0.2, 0) is 0 Å². The van der Waals surface area contributed by atoms with Gasteiger partial charge in [0.15, 0.2) is 5.82 Å². The van der Waals surface area contributed by atoms with E-state index in [-0.39, 0.29) is 0 Å². The fourth-order valence-corrected chi connectivity index (χ4v) is 1.46. The number of rotatable bonds is 1. The molecule has 0 saturated heterocycles. The average molecular weight is 174 g/mol. The van der Waals surface area contributed by atoms with Crippen LogP contribution in [0.5, 0.6) is 0 Å². The lowest BCUT2D eigenvalue weighted by atomic mass is 10.2. The van der Waals surface area contributed by atoms with Crippen molar-refractivity contribution < 1.29 is 0 Å². The van der Waals surface area contributed by atoms with Crippen molar-refractivity contribution in [3.63, 3.8) is 0 Å². The number of aliphatic imine (C=N–C) groups is 1. The van der Waals surface area contributed by atoms with Crippen molar-refractivity contribution in [3.8, 4) is 0 Å². The molecule has 1 radical (unpaired) electrons. The molecule has 2 rings (SSSR count). The zero-order valence-corrected chi connectivity index (χ0v) is 8.13. The third-order valence-electron chi connectivity index (χ3n) is 2.09. The Hall–Kier alpha value is -1.38. The van der Waals surface area contributed by atoms with Crippen LogP contribution < -0.4 is 5.32 Å². The predicted octanol–water partition coefficient (Wildman–Crippen LogP) is 2.39. The molecule has 0 saturated carbocycles. The van der Waals surface area contributed by atoms with Crippen LogP contribution in [0.3, 0.4) is 0 Å². The molecule has 3 nitrogen and oxygen atoms in total. The maximum atomic E-state index is 4.40. The highest BCUT2D eigenvalue weighted by Gasteiger charge is 2.17. The first kappa shape index (κ1) is 8.23. The maximum Gasteiger partial charge on any atom is 0.180 e. The van der Waals surface area contributed by atoms with Crippen molar-refractivity contribution in [3.05, 3.63) is 17.3 Å². The summed E-state index contributed by atoms with van der Waals surface area (Å²) in [5.74, 6) is 1.67. The second-order valence-corrected chi connectivity index (χ2v) is 3.25. The number of pyridine rings is 1. The summed E-state index contributed by atoms with van der Waals surface area (Å²) in [6.45, 7) is 6.08. The first-order valence-corrected chi connectivity index (χ1v) is 4.48. The van der Waals surface area contributed by atoms with E-state index in [9.17, 15) is 0 Å². The molecule has 67 valence electrons. The van der Waals surface area contributed by atoms with Crippen molar-refractivity contribution in [2.45, 2.75) is 27.2 Å². The number of fused-ring (bicyclic) bond motifs is 1. The molecule has 1 aliphatic heterocycles. The lowest BCUT2D eigenvalue weighted by Gasteiger charge is -2.00. The molecular weight excluding hydrogens is 162 g/mol. The first-order valence-electron chi connectivity index (χ1n) is 4.48. The minimum absolute atomic E-state index is 0.786. The third kappa shape index (κ3) is 1.30. The molecule has 0 aliphatic carbocycles.